The van der Waals surface area contributed by atoms with Crippen LogP contribution in [-0.2, 0) is 11.3 Å². The van der Waals surface area contributed by atoms with Crippen molar-refractivity contribution in [3.05, 3.63) is 77.1 Å². The van der Waals surface area contributed by atoms with E-state index in [-0.39, 0.29) is 11.8 Å². The van der Waals surface area contributed by atoms with Gasteiger partial charge >= 0.3 is 5.97 Å². The number of benzene rings is 2. The predicted octanol–water partition coefficient (Wildman–Crippen LogP) is 5.51. The topological polar surface area (TPSA) is 84.2 Å². The Balaban J connectivity index is 1.36. The molecule has 0 radical (unpaired) electrons. The lowest BCUT2D eigenvalue weighted by Gasteiger charge is -2.26. The van der Waals surface area contributed by atoms with Crippen LogP contribution in [0.25, 0.3) is 21.8 Å². The van der Waals surface area contributed by atoms with Crippen molar-refractivity contribution in [2.75, 3.05) is 6.54 Å². The molecule has 2 aromatic carbocycles. The van der Waals surface area contributed by atoms with Gasteiger partial charge in [0.05, 0.1) is 34.8 Å². The third-order valence-electron chi connectivity index (χ3n) is 6.81. The van der Waals surface area contributed by atoms with Crippen LogP contribution < -0.4 is 5.32 Å². The minimum Gasteiger partial charge on any atom is -0.481 e. The summed E-state index contributed by atoms with van der Waals surface area (Å²) in [6.07, 6.45) is 4.91. The molecule has 1 aliphatic carbocycles. The van der Waals surface area contributed by atoms with Crippen molar-refractivity contribution in [3.63, 3.8) is 0 Å². The summed E-state index contributed by atoms with van der Waals surface area (Å²) in [4.78, 5) is 29.2. The molecule has 0 spiro atoms. The number of aliphatic carboxylic acids is 1. The SMILES string of the molecule is O=C(NC[C@H]1CC[C@H](C(=O)O)CC1)c1cc(Cl)cc2ccn(Cc3ccc4ccccc4n3)c12. The predicted molar refractivity (Wildman–Crippen MR) is 133 cm³/mol. The van der Waals surface area contributed by atoms with Crippen LogP contribution in [0.5, 0.6) is 0 Å². The van der Waals surface area contributed by atoms with E-state index < -0.39 is 5.97 Å². The smallest absolute Gasteiger partial charge is 0.306 e. The van der Waals surface area contributed by atoms with E-state index in [4.69, 9.17) is 16.6 Å². The van der Waals surface area contributed by atoms with Gasteiger partial charge < -0.3 is 15.0 Å². The Bertz CT molecular complexity index is 1370. The highest BCUT2D eigenvalue weighted by Gasteiger charge is 2.26. The van der Waals surface area contributed by atoms with Gasteiger partial charge in [-0.25, -0.2) is 0 Å². The Morgan fingerprint density at radius 2 is 1.82 bits per heavy atom. The van der Waals surface area contributed by atoms with Gasteiger partial charge in [-0.05, 0) is 61.9 Å². The number of hydrogen-bond donors (Lipinski definition) is 2. The minimum atomic E-state index is -0.717. The molecular weight excluding hydrogens is 450 g/mol. The number of nitrogens with zero attached hydrogens (tertiary/aromatic N) is 2. The van der Waals surface area contributed by atoms with Crippen molar-refractivity contribution in [2.45, 2.75) is 32.2 Å². The molecule has 34 heavy (non-hydrogen) atoms. The first-order chi connectivity index (χ1) is 16.5. The number of carbonyl (C=O) groups excluding carboxylic acids is 1. The third-order valence-corrected chi connectivity index (χ3v) is 7.02. The Morgan fingerprint density at radius 3 is 2.62 bits per heavy atom. The molecule has 1 aliphatic rings. The van der Waals surface area contributed by atoms with Gasteiger partial charge in [-0.3, -0.25) is 14.6 Å². The van der Waals surface area contributed by atoms with E-state index in [1.54, 1.807) is 6.07 Å². The maximum absolute atomic E-state index is 13.2. The average molecular weight is 476 g/mol. The molecule has 0 atom stereocenters. The lowest BCUT2D eigenvalue weighted by Crippen LogP contribution is -2.32. The first-order valence-corrected chi connectivity index (χ1v) is 12.0. The first kappa shape index (κ1) is 22.4. The molecule has 2 N–H and O–H groups in total. The van der Waals surface area contributed by atoms with Gasteiger partial charge in [0.25, 0.3) is 5.91 Å². The van der Waals surface area contributed by atoms with Gasteiger partial charge in [-0.15, -0.1) is 0 Å². The van der Waals surface area contributed by atoms with Crippen LogP contribution in [0.4, 0.5) is 0 Å². The van der Waals surface area contributed by atoms with Crippen molar-refractivity contribution in [1.82, 2.24) is 14.9 Å². The normalized spacial score (nSPS) is 18.3. The number of nitrogens with one attached hydrogen (secondary N) is 1. The Morgan fingerprint density at radius 1 is 1.03 bits per heavy atom. The summed E-state index contributed by atoms with van der Waals surface area (Å²) < 4.78 is 2.04. The lowest BCUT2D eigenvalue weighted by molar-refractivity contribution is -0.143. The molecule has 4 aromatic rings. The number of aromatic nitrogens is 2. The zero-order valence-corrected chi connectivity index (χ0v) is 19.5. The molecule has 1 fully saturated rings. The molecular formula is C27H26ClN3O3. The lowest BCUT2D eigenvalue weighted by atomic mass is 9.82. The number of carbonyl (C=O) groups is 2. The van der Waals surface area contributed by atoms with Crippen LogP contribution in [0, 0.1) is 11.8 Å². The molecule has 5 rings (SSSR count). The first-order valence-electron chi connectivity index (χ1n) is 11.6. The van der Waals surface area contributed by atoms with Crippen LogP contribution in [0.2, 0.25) is 5.02 Å². The molecule has 0 aliphatic heterocycles. The van der Waals surface area contributed by atoms with Crippen LogP contribution in [0.1, 0.15) is 41.7 Å². The van der Waals surface area contributed by atoms with E-state index in [1.807, 2.05) is 53.2 Å². The monoisotopic (exact) mass is 475 g/mol. The molecule has 2 heterocycles. The quantitative estimate of drug-likeness (QED) is 0.385. The van der Waals surface area contributed by atoms with Crippen molar-refractivity contribution in [1.29, 1.82) is 0 Å². The van der Waals surface area contributed by atoms with Crippen LogP contribution in [0.3, 0.4) is 0 Å². The van der Waals surface area contributed by atoms with Crippen molar-refractivity contribution < 1.29 is 14.7 Å². The number of rotatable bonds is 6. The second kappa shape index (κ2) is 9.47. The van der Waals surface area contributed by atoms with Crippen molar-refractivity contribution >= 4 is 45.3 Å². The van der Waals surface area contributed by atoms with E-state index >= 15 is 0 Å². The molecule has 6 nitrogen and oxygen atoms in total. The van der Waals surface area contributed by atoms with Gasteiger partial charge in [0, 0.05) is 28.5 Å². The molecule has 174 valence electrons. The number of amides is 1. The standard InChI is InChI=1S/C27H26ClN3O3/c28-21-13-20-11-12-31(16-22-10-9-18-3-1-2-4-24(18)30-22)25(20)23(14-21)26(32)29-15-17-5-7-19(8-6-17)27(33)34/h1-4,9-14,17,19H,5-8,15-16H2,(H,29,32)(H,33,34)/t17-,19-. The number of halogens is 1. The highest BCUT2D eigenvalue weighted by atomic mass is 35.5. The van der Waals surface area contributed by atoms with E-state index in [9.17, 15) is 14.7 Å². The van der Waals surface area contributed by atoms with E-state index in [0.29, 0.717) is 42.4 Å². The Hall–Kier alpha value is -3.38. The fourth-order valence-corrected chi connectivity index (χ4v) is 5.16. The molecule has 2 aromatic heterocycles. The minimum absolute atomic E-state index is 0.167. The zero-order chi connectivity index (χ0) is 23.7. The molecule has 7 heteroatoms. The summed E-state index contributed by atoms with van der Waals surface area (Å²) in [6, 6.07) is 17.6. The van der Waals surface area contributed by atoms with Gasteiger partial charge in [-0.2, -0.15) is 0 Å². The number of fused-ring (bicyclic) bond motifs is 2. The fraction of sp³-hybridized carbons (Fsp3) is 0.296. The van der Waals surface area contributed by atoms with Gasteiger partial charge in [0.15, 0.2) is 0 Å². The number of carboxylic acid groups (broad SMARTS) is 1. The molecule has 1 amide bonds. The summed E-state index contributed by atoms with van der Waals surface area (Å²) in [5, 5.41) is 14.8. The van der Waals surface area contributed by atoms with Crippen molar-refractivity contribution in [3.8, 4) is 0 Å². The number of pyridine rings is 1. The summed E-state index contributed by atoms with van der Waals surface area (Å²) in [5.74, 6) is -0.848. The van der Waals surface area contributed by atoms with Gasteiger partial charge in [0.2, 0.25) is 0 Å². The fourth-order valence-electron chi connectivity index (χ4n) is 4.93. The zero-order valence-electron chi connectivity index (χ0n) is 18.7. The molecule has 0 unspecified atom stereocenters. The average Bonchev–Trinajstić information content (AvgIpc) is 3.24. The van der Waals surface area contributed by atoms with Crippen LogP contribution in [-0.4, -0.2) is 33.1 Å². The van der Waals surface area contributed by atoms with Gasteiger partial charge in [0.1, 0.15) is 0 Å². The van der Waals surface area contributed by atoms with E-state index in [2.05, 4.69) is 11.4 Å². The largest absolute Gasteiger partial charge is 0.481 e. The number of para-hydroxylation sites is 1. The molecule has 0 saturated heterocycles. The van der Waals surface area contributed by atoms with Crippen LogP contribution >= 0.6 is 11.6 Å². The van der Waals surface area contributed by atoms with Crippen LogP contribution in [0.15, 0.2) is 60.8 Å². The highest BCUT2D eigenvalue weighted by molar-refractivity contribution is 6.32. The Labute approximate surface area is 202 Å². The molecule has 1 saturated carbocycles. The highest BCUT2D eigenvalue weighted by Crippen LogP contribution is 2.29. The second-order valence-corrected chi connectivity index (χ2v) is 9.53. The second-order valence-electron chi connectivity index (χ2n) is 9.10. The summed E-state index contributed by atoms with van der Waals surface area (Å²) in [6.45, 7) is 1.07. The van der Waals surface area contributed by atoms with Gasteiger partial charge in [-0.1, -0.05) is 35.9 Å². The Kier molecular flexibility index (Phi) is 6.24. The molecule has 0 bridgehead atoms. The maximum atomic E-state index is 13.2. The van der Waals surface area contributed by atoms with E-state index in [1.165, 1.54) is 0 Å². The third kappa shape index (κ3) is 4.64. The van der Waals surface area contributed by atoms with Crippen molar-refractivity contribution in [2.24, 2.45) is 11.8 Å². The maximum Gasteiger partial charge on any atom is 0.306 e. The summed E-state index contributed by atoms with van der Waals surface area (Å²) >= 11 is 6.34. The summed E-state index contributed by atoms with van der Waals surface area (Å²) in [7, 11) is 0. The summed E-state index contributed by atoms with van der Waals surface area (Å²) in [5.41, 5.74) is 3.21. The number of carboxylic acids is 1. The van der Waals surface area contributed by atoms with E-state index in [0.717, 1.165) is 40.3 Å². The number of hydrogen-bond acceptors (Lipinski definition) is 3.